The molecule has 0 amide bonds. The molecule has 0 saturated carbocycles. The topological polar surface area (TPSA) is 136 Å². The fourth-order valence-corrected chi connectivity index (χ4v) is 8.19. The molecule has 12 nitrogen and oxygen atoms in total. The fraction of sp³-hybridized carbons (Fsp3) is 0.882. The molecule has 4 bridgehead atoms. The molecule has 3 unspecified atom stereocenters. The molecule has 262 valence electrons. The fourth-order valence-electron chi connectivity index (χ4n) is 8.19. The van der Waals surface area contributed by atoms with Gasteiger partial charge in [-0.3, -0.25) is 19.2 Å². The molecular formula is C34H55NO11. The predicted octanol–water partition coefficient (Wildman–Crippen LogP) is 3.11. The molecule has 0 aromatic rings. The highest BCUT2D eigenvalue weighted by Crippen LogP contribution is 2.45. The third kappa shape index (κ3) is 7.22. The molecule has 4 aliphatic heterocycles. The molecule has 4 aliphatic rings. The van der Waals surface area contributed by atoms with Gasteiger partial charge in [-0.15, -0.1) is 0 Å². The first-order valence-electron chi connectivity index (χ1n) is 16.8. The van der Waals surface area contributed by atoms with Gasteiger partial charge in [0.15, 0.2) is 29.6 Å². The van der Waals surface area contributed by atoms with Crippen LogP contribution in [0.2, 0.25) is 0 Å². The van der Waals surface area contributed by atoms with Gasteiger partial charge in [0.25, 0.3) is 0 Å². The molecule has 4 saturated heterocycles. The Morgan fingerprint density at radius 2 is 1.67 bits per heavy atom. The monoisotopic (exact) mass is 653 g/mol. The van der Waals surface area contributed by atoms with Gasteiger partial charge < -0.3 is 38.1 Å². The number of nitrogens with zero attached hydrogens (tertiary/aromatic N) is 1. The van der Waals surface area contributed by atoms with Crippen molar-refractivity contribution in [3.8, 4) is 0 Å². The first-order chi connectivity index (χ1) is 21.4. The van der Waals surface area contributed by atoms with Crippen LogP contribution in [0, 0.1) is 23.7 Å². The summed E-state index contributed by atoms with van der Waals surface area (Å²) in [7, 11) is 3.83. The molecule has 0 aromatic carbocycles. The second kappa shape index (κ2) is 14.3. The highest BCUT2D eigenvalue weighted by molar-refractivity contribution is 5.92. The smallest absolute Gasteiger partial charge is 0.311 e. The summed E-state index contributed by atoms with van der Waals surface area (Å²) in [6, 6.07) is -0.200. The van der Waals surface area contributed by atoms with Crippen molar-refractivity contribution in [1.29, 1.82) is 0 Å². The third-order valence-corrected chi connectivity index (χ3v) is 10.6. The van der Waals surface area contributed by atoms with Crippen molar-refractivity contribution in [3.05, 3.63) is 0 Å². The number of fused-ring (bicyclic) bond motifs is 5. The molecule has 14 atom stereocenters. The Morgan fingerprint density at radius 1 is 1.00 bits per heavy atom. The van der Waals surface area contributed by atoms with Gasteiger partial charge in [-0.2, -0.15) is 0 Å². The van der Waals surface area contributed by atoms with Crippen LogP contribution in [-0.4, -0.2) is 116 Å². The van der Waals surface area contributed by atoms with Crippen molar-refractivity contribution in [1.82, 2.24) is 4.90 Å². The SMILES string of the molecule is CC[C@H]1OC(=O)[C@H](C)[C@H]2OCC(=O)CO[C@](C)(C[C@@H](C)C3OC1(C)C(=O)C3C)[C@H](O[C@@H]1O[C@H](C)C[C@H](N(C)C)[C@H]1OC(C)=O)[C@@H]2C. The van der Waals surface area contributed by atoms with Crippen LogP contribution >= 0.6 is 0 Å². The Balaban J connectivity index is 1.85. The van der Waals surface area contributed by atoms with Crippen molar-refractivity contribution >= 4 is 23.5 Å². The second-order valence-corrected chi connectivity index (χ2v) is 14.6. The van der Waals surface area contributed by atoms with E-state index < -0.39 is 77.7 Å². The van der Waals surface area contributed by atoms with Gasteiger partial charge in [0.2, 0.25) is 0 Å². The number of carbonyl (C=O) groups is 4. The third-order valence-electron chi connectivity index (χ3n) is 10.6. The molecular weight excluding hydrogens is 598 g/mol. The number of rotatable bonds is 5. The standard InChI is InChI=1S/C34H55NO11/c1-12-25-34(9)29(38)19(4)26(46-34)17(2)14-33(8)30(20(5)27(21(6)31(39)44-25)40-15-23(37)16-41-33)45-32-28(43-22(7)36)24(35(10)11)13-18(3)42-32/h17-21,24-28,30,32H,12-16H2,1-11H3/t17-,18-,19?,20-,21-,24+,25-,26?,27+,28-,30-,32+,33-,34?/m1/s1. The van der Waals surface area contributed by atoms with E-state index in [9.17, 15) is 19.2 Å². The minimum atomic E-state index is -1.32. The molecule has 0 aliphatic carbocycles. The lowest BCUT2D eigenvalue weighted by Crippen LogP contribution is -2.60. The predicted molar refractivity (Wildman–Crippen MR) is 166 cm³/mol. The molecule has 0 radical (unpaired) electrons. The number of Topliss-reactive ketones (excluding diaryl/α,β-unsaturated/α-hetero) is 2. The summed E-state index contributed by atoms with van der Waals surface area (Å²) in [5, 5.41) is 0. The summed E-state index contributed by atoms with van der Waals surface area (Å²) in [4.78, 5) is 55.0. The zero-order valence-corrected chi connectivity index (χ0v) is 29.4. The minimum Gasteiger partial charge on any atom is -0.459 e. The van der Waals surface area contributed by atoms with Crippen LogP contribution < -0.4 is 0 Å². The number of carbonyl (C=O) groups excluding carboxylic acids is 4. The molecule has 46 heavy (non-hydrogen) atoms. The van der Waals surface area contributed by atoms with Crippen LogP contribution in [0.25, 0.3) is 0 Å². The molecule has 4 rings (SSSR count). The summed E-state index contributed by atoms with van der Waals surface area (Å²) >= 11 is 0. The van der Waals surface area contributed by atoms with Crippen molar-refractivity contribution in [2.75, 3.05) is 27.3 Å². The zero-order chi connectivity index (χ0) is 34.3. The van der Waals surface area contributed by atoms with Gasteiger partial charge in [-0.1, -0.05) is 27.7 Å². The van der Waals surface area contributed by atoms with Gasteiger partial charge in [0.1, 0.15) is 19.3 Å². The van der Waals surface area contributed by atoms with Gasteiger partial charge in [0.05, 0.1) is 42.0 Å². The van der Waals surface area contributed by atoms with Crippen LogP contribution in [0.1, 0.15) is 81.6 Å². The van der Waals surface area contributed by atoms with E-state index in [0.29, 0.717) is 19.3 Å². The van der Waals surface area contributed by atoms with E-state index in [-0.39, 0.29) is 42.8 Å². The van der Waals surface area contributed by atoms with E-state index in [1.807, 2.05) is 60.5 Å². The molecule has 0 spiro atoms. The molecule has 4 heterocycles. The number of cyclic esters (lactones) is 1. The summed E-state index contributed by atoms with van der Waals surface area (Å²) < 4.78 is 44.5. The van der Waals surface area contributed by atoms with Crippen molar-refractivity contribution in [2.45, 2.75) is 142 Å². The van der Waals surface area contributed by atoms with Gasteiger partial charge in [0, 0.05) is 18.8 Å². The largest absolute Gasteiger partial charge is 0.459 e. The van der Waals surface area contributed by atoms with Crippen LogP contribution in [0.3, 0.4) is 0 Å². The summed E-state index contributed by atoms with van der Waals surface area (Å²) in [6.07, 6.45) is -3.60. The van der Waals surface area contributed by atoms with E-state index in [1.54, 1.807) is 13.8 Å². The van der Waals surface area contributed by atoms with Crippen LogP contribution in [-0.2, 0) is 52.3 Å². The average Bonchev–Trinajstić information content (AvgIpc) is 3.23. The Bertz CT molecular complexity index is 1150. The summed E-state index contributed by atoms with van der Waals surface area (Å²) in [5.41, 5.74) is -2.46. The molecule has 0 N–H and O–H groups in total. The van der Waals surface area contributed by atoms with Crippen molar-refractivity contribution < 1.29 is 52.3 Å². The molecule has 12 heteroatoms. The van der Waals surface area contributed by atoms with E-state index in [1.165, 1.54) is 6.92 Å². The quantitative estimate of drug-likeness (QED) is 0.404. The maximum absolute atomic E-state index is 13.8. The average molecular weight is 654 g/mol. The summed E-state index contributed by atoms with van der Waals surface area (Å²) in [5.74, 6) is -3.52. The lowest BCUT2D eigenvalue weighted by molar-refractivity contribution is -0.305. The second-order valence-electron chi connectivity index (χ2n) is 14.6. The van der Waals surface area contributed by atoms with Crippen molar-refractivity contribution in [2.24, 2.45) is 23.7 Å². The number of likely N-dealkylation sites (N-methyl/N-ethyl adjacent to an activating group) is 1. The van der Waals surface area contributed by atoms with Crippen molar-refractivity contribution in [3.63, 3.8) is 0 Å². The van der Waals surface area contributed by atoms with Crippen LogP contribution in [0.15, 0.2) is 0 Å². The number of ketones is 2. The molecule has 0 aromatic heterocycles. The number of hydrogen-bond acceptors (Lipinski definition) is 12. The van der Waals surface area contributed by atoms with E-state index in [0.717, 1.165) is 0 Å². The Morgan fingerprint density at radius 3 is 2.28 bits per heavy atom. The molecule has 4 fully saturated rings. The first kappa shape index (κ1) is 36.9. The Hall–Kier alpha value is -1.96. The normalized spacial score (nSPS) is 46.0. The summed E-state index contributed by atoms with van der Waals surface area (Å²) in [6.45, 7) is 15.7. The Labute approximate surface area is 273 Å². The lowest BCUT2D eigenvalue weighted by atomic mass is 9.75. The van der Waals surface area contributed by atoms with Gasteiger partial charge in [-0.25, -0.2) is 0 Å². The number of hydrogen-bond donors (Lipinski definition) is 0. The van der Waals surface area contributed by atoms with E-state index >= 15 is 0 Å². The highest BCUT2D eigenvalue weighted by atomic mass is 16.7. The maximum atomic E-state index is 13.8. The Kier molecular flexibility index (Phi) is 11.4. The number of esters is 2. The number of ether oxygens (including phenoxy) is 7. The van der Waals surface area contributed by atoms with Gasteiger partial charge >= 0.3 is 11.9 Å². The van der Waals surface area contributed by atoms with E-state index in [4.69, 9.17) is 33.2 Å². The maximum Gasteiger partial charge on any atom is 0.311 e. The highest BCUT2D eigenvalue weighted by Gasteiger charge is 2.59. The van der Waals surface area contributed by atoms with E-state index in [2.05, 4.69) is 0 Å². The minimum absolute atomic E-state index is 0.117. The first-order valence-corrected chi connectivity index (χ1v) is 16.8. The van der Waals surface area contributed by atoms with Crippen LogP contribution in [0.5, 0.6) is 0 Å². The van der Waals surface area contributed by atoms with Gasteiger partial charge in [-0.05, 0) is 67.0 Å². The zero-order valence-electron chi connectivity index (χ0n) is 29.4. The lowest BCUT2D eigenvalue weighted by Gasteiger charge is -2.48. The van der Waals surface area contributed by atoms with Crippen LogP contribution in [0.4, 0.5) is 0 Å².